The fourth-order valence-electron chi connectivity index (χ4n) is 2.23. The molecule has 138 valence electrons. The first-order valence-corrected chi connectivity index (χ1v) is 8.23. The second-order valence-electron chi connectivity index (χ2n) is 5.59. The summed E-state index contributed by atoms with van der Waals surface area (Å²) in [5.74, 6) is -0.731. The predicted octanol–water partition coefficient (Wildman–Crippen LogP) is 3.83. The Labute approximate surface area is 158 Å². The van der Waals surface area contributed by atoms with Gasteiger partial charge in [0, 0.05) is 11.8 Å². The predicted molar refractivity (Wildman–Crippen MR) is 98.7 cm³/mol. The standard InChI is InChI=1S/C17H15ClFN7O/c1-9-5-6-12(15(18)22-9)17(27)21-8-13-14(16(20)26-24-13)25-23-11-4-2-3-10(19)7-11/h2-7H,8H2,1H3,(H,21,27)(H3,20,24,26). The van der Waals surface area contributed by atoms with Gasteiger partial charge in [-0.1, -0.05) is 17.7 Å². The third-order valence-electron chi connectivity index (χ3n) is 3.57. The van der Waals surface area contributed by atoms with Gasteiger partial charge in [0.25, 0.3) is 5.91 Å². The molecule has 8 nitrogen and oxygen atoms in total. The van der Waals surface area contributed by atoms with Crippen LogP contribution in [-0.2, 0) is 6.54 Å². The van der Waals surface area contributed by atoms with Gasteiger partial charge in [-0.2, -0.15) is 10.2 Å². The maximum Gasteiger partial charge on any atom is 0.254 e. The fourth-order valence-corrected chi connectivity index (χ4v) is 2.51. The van der Waals surface area contributed by atoms with Crippen molar-refractivity contribution >= 4 is 34.7 Å². The molecule has 0 atom stereocenters. The summed E-state index contributed by atoms with van der Waals surface area (Å²) in [6.07, 6.45) is 0. The van der Waals surface area contributed by atoms with Crippen molar-refractivity contribution in [1.82, 2.24) is 20.5 Å². The van der Waals surface area contributed by atoms with Crippen molar-refractivity contribution in [1.29, 1.82) is 0 Å². The summed E-state index contributed by atoms with van der Waals surface area (Å²) >= 11 is 6.00. The third-order valence-corrected chi connectivity index (χ3v) is 3.86. The van der Waals surface area contributed by atoms with Gasteiger partial charge in [-0.3, -0.25) is 9.89 Å². The highest BCUT2D eigenvalue weighted by atomic mass is 35.5. The highest BCUT2D eigenvalue weighted by Crippen LogP contribution is 2.27. The maximum atomic E-state index is 13.2. The van der Waals surface area contributed by atoms with Crippen molar-refractivity contribution in [2.75, 3.05) is 5.73 Å². The molecule has 10 heteroatoms. The smallest absolute Gasteiger partial charge is 0.254 e. The van der Waals surface area contributed by atoms with Crippen LogP contribution in [0, 0.1) is 12.7 Å². The van der Waals surface area contributed by atoms with Crippen LogP contribution in [0.2, 0.25) is 5.15 Å². The van der Waals surface area contributed by atoms with E-state index < -0.39 is 11.7 Å². The third kappa shape index (κ3) is 4.45. The number of carbonyl (C=O) groups excluding carboxylic acids is 1. The van der Waals surface area contributed by atoms with E-state index in [2.05, 4.69) is 30.7 Å². The Balaban J connectivity index is 1.74. The number of amides is 1. The van der Waals surface area contributed by atoms with E-state index in [1.807, 2.05) is 0 Å². The molecule has 0 radical (unpaired) electrons. The number of carbonyl (C=O) groups is 1. The largest absolute Gasteiger partial charge is 0.380 e. The Bertz CT molecular complexity index is 1020. The molecule has 0 fully saturated rings. The van der Waals surface area contributed by atoms with Crippen LogP contribution in [0.3, 0.4) is 0 Å². The highest BCUT2D eigenvalue weighted by Gasteiger charge is 2.15. The average Bonchev–Trinajstić information content (AvgIpc) is 2.98. The molecule has 3 aromatic rings. The zero-order valence-corrected chi connectivity index (χ0v) is 15.0. The number of hydrogen-bond acceptors (Lipinski definition) is 6. The number of anilines is 1. The van der Waals surface area contributed by atoms with E-state index in [-0.39, 0.29) is 28.8 Å². The van der Waals surface area contributed by atoms with E-state index in [0.29, 0.717) is 17.1 Å². The van der Waals surface area contributed by atoms with Crippen molar-refractivity contribution in [3.8, 4) is 0 Å². The van der Waals surface area contributed by atoms with Gasteiger partial charge in [0.05, 0.1) is 23.5 Å². The van der Waals surface area contributed by atoms with Gasteiger partial charge in [0.2, 0.25) is 0 Å². The van der Waals surface area contributed by atoms with E-state index in [9.17, 15) is 9.18 Å². The molecule has 0 aliphatic heterocycles. The molecule has 0 spiro atoms. The molecule has 0 saturated carbocycles. The number of azo groups is 1. The normalized spacial score (nSPS) is 11.1. The van der Waals surface area contributed by atoms with E-state index in [0.717, 1.165) is 0 Å². The number of hydrogen-bond donors (Lipinski definition) is 3. The van der Waals surface area contributed by atoms with Gasteiger partial charge in [0.15, 0.2) is 11.5 Å². The summed E-state index contributed by atoms with van der Waals surface area (Å²) in [6, 6.07) is 8.92. The molecule has 0 aliphatic carbocycles. The van der Waals surface area contributed by atoms with Crippen LogP contribution in [0.5, 0.6) is 0 Å². The minimum Gasteiger partial charge on any atom is -0.380 e. The Morgan fingerprint density at radius 1 is 1.33 bits per heavy atom. The second kappa shape index (κ2) is 7.92. The minimum absolute atomic E-state index is 0.0603. The van der Waals surface area contributed by atoms with Gasteiger partial charge in [-0.15, -0.1) is 5.11 Å². The monoisotopic (exact) mass is 387 g/mol. The number of H-pyrrole nitrogens is 1. The van der Waals surface area contributed by atoms with Crippen LogP contribution < -0.4 is 11.1 Å². The van der Waals surface area contributed by atoms with Gasteiger partial charge >= 0.3 is 0 Å². The number of nitrogens with one attached hydrogen (secondary N) is 2. The van der Waals surface area contributed by atoms with Crippen LogP contribution >= 0.6 is 11.6 Å². The highest BCUT2D eigenvalue weighted by molar-refractivity contribution is 6.32. The number of aryl methyl sites for hydroxylation is 1. The molecule has 27 heavy (non-hydrogen) atoms. The summed E-state index contributed by atoms with van der Waals surface area (Å²) in [4.78, 5) is 16.3. The molecule has 0 bridgehead atoms. The zero-order chi connectivity index (χ0) is 19.4. The molecule has 2 aromatic heterocycles. The number of halogens is 2. The summed E-state index contributed by atoms with van der Waals surface area (Å²) < 4.78 is 13.2. The average molecular weight is 388 g/mol. The number of rotatable bonds is 5. The summed E-state index contributed by atoms with van der Waals surface area (Å²) in [5.41, 5.74) is 7.76. The maximum absolute atomic E-state index is 13.2. The van der Waals surface area contributed by atoms with Crippen molar-refractivity contribution in [2.24, 2.45) is 10.2 Å². The van der Waals surface area contributed by atoms with Crippen molar-refractivity contribution in [2.45, 2.75) is 13.5 Å². The molecule has 3 rings (SSSR count). The van der Waals surface area contributed by atoms with E-state index in [1.54, 1.807) is 25.1 Å². The number of pyridine rings is 1. The molecule has 1 amide bonds. The Morgan fingerprint density at radius 2 is 2.15 bits per heavy atom. The van der Waals surface area contributed by atoms with Crippen LogP contribution in [0.4, 0.5) is 21.6 Å². The molecule has 1 aromatic carbocycles. The van der Waals surface area contributed by atoms with Crippen LogP contribution in [0.25, 0.3) is 0 Å². The molecule has 0 aliphatic rings. The Morgan fingerprint density at radius 3 is 2.89 bits per heavy atom. The number of nitrogens with two attached hydrogens (primary N) is 1. The minimum atomic E-state index is -0.428. The summed E-state index contributed by atoms with van der Waals surface area (Å²) in [7, 11) is 0. The molecule has 0 saturated heterocycles. The number of aromatic nitrogens is 3. The van der Waals surface area contributed by atoms with E-state index in [4.69, 9.17) is 17.3 Å². The molecular weight excluding hydrogens is 373 g/mol. The lowest BCUT2D eigenvalue weighted by molar-refractivity contribution is 0.0950. The number of aromatic amines is 1. The first kappa shape index (κ1) is 18.5. The van der Waals surface area contributed by atoms with Crippen molar-refractivity contribution in [3.63, 3.8) is 0 Å². The zero-order valence-electron chi connectivity index (χ0n) is 14.2. The number of benzene rings is 1. The van der Waals surface area contributed by atoms with Crippen molar-refractivity contribution in [3.05, 3.63) is 64.3 Å². The Kier molecular flexibility index (Phi) is 5.41. The molecule has 0 unspecified atom stereocenters. The quantitative estimate of drug-likeness (QED) is 0.454. The fraction of sp³-hybridized carbons (Fsp3) is 0.118. The van der Waals surface area contributed by atoms with Gasteiger partial charge in [-0.25, -0.2) is 9.37 Å². The summed E-state index contributed by atoms with van der Waals surface area (Å²) in [5, 5.41) is 17.3. The topological polar surface area (TPSA) is 121 Å². The lowest BCUT2D eigenvalue weighted by atomic mass is 10.2. The van der Waals surface area contributed by atoms with Gasteiger partial charge < -0.3 is 11.1 Å². The van der Waals surface area contributed by atoms with Crippen LogP contribution in [-0.4, -0.2) is 21.1 Å². The number of nitrogens with zero attached hydrogens (tertiary/aromatic N) is 4. The van der Waals surface area contributed by atoms with E-state index in [1.165, 1.54) is 18.2 Å². The van der Waals surface area contributed by atoms with Crippen molar-refractivity contribution < 1.29 is 9.18 Å². The molecule has 4 N–H and O–H groups in total. The number of nitrogen functional groups attached to an aromatic ring is 1. The van der Waals surface area contributed by atoms with Crippen LogP contribution in [0.15, 0.2) is 46.6 Å². The Hall–Kier alpha value is -3.33. The molecular formula is C17H15ClFN7O. The molecule has 2 heterocycles. The second-order valence-corrected chi connectivity index (χ2v) is 5.95. The summed E-state index contributed by atoms with van der Waals surface area (Å²) in [6.45, 7) is 1.83. The first-order chi connectivity index (χ1) is 12.9. The SMILES string of the molecule is Cc1ccc(C(=O)NCc2[nH]nc(N)c2N=Nc2cccc(F)c2)c(Cl)n1. The van der Waals surface area contributed by atoms with Crippen LogP contribution in [0.1, 0.15) is 21.7 Å². The lowest BCUT2D eigenvalue weighted by Gasteiger charge is -2.06. The van der Waals surface area contributed by atoms with Gasteiger partial charge in [-0.05, 0) is 31.2 Å². The van der Waals surface area contributed by atoms with Gasteiger partial charge in [0.1, 0.15) is 11.0 Å². The lowest BCUT2D eigenvalue weighted by Crippen LogP contribution is -2.23. The first-order valence-electron chi connectivity index (χ1n) is 7.85. The van der Waals surface area contributed by atoms with E-state index >= 15 is 0 Å².